The molecular weight excluding hydrogens is 222 g/mol. The van der Waals surface area contributed by atoms with E-state index in [0.717, 1.165) is 18.7 Å². The summed E-state index contributed by atoms with van der Waals surface area (Å²) in [5.41, 5.74) is 3.03. The summed E-state index contributed by atoms with van der Waals surface area (Å²) in [6.45, 7) is 3.23. The van der Waals surface area contributed by atoms with Gasteiger partial charge in [-0.3, -0.25) is 0 Å². The molecule has 1 N–H and O–H groups in total. The quantitative estimate of drug-likeness (QED) is 0.779. The van der Waals surface area contributed by atoms with Gasteiger partial charge in [-0.1, -0.05) is 6.07 Å². The standard InChI is InChI=1S/C16H25NO/c1-13(6-5-11-17-2)18-16-10-9-14-7-3-4-8-15(14)12-16/h9-10,12-13,17H,3-8,11H2,1-2H3. The van der Waals surface area contributed by atoms with E-state index < -0.39 is 0 Å². The summed E-state index contributed by atoms with van der Waals surface area (Å²) in [4.78, 5) is 0. The fourth-order valence-corrected chi connectivity index (χ4v) is 2.64. The number of benzene rings is 1. The number of fused-ring (bicyclic) bond motifs is 1. The fraction of sp³-hybridized carbons (Fsp3) is 0.625. The van der Waals surface area contributed by atoms with Crippen LogP contribution >= 0.6 is 0 Å². The Morgan fingerprint density at radius 1 is 1.22 bits per heavy atom. The van der Waals surface area contributed by atoms with E-state index in [9.17, 15) is 0 Å². The zero-order chi connectivity index (χ0) is 12.8. The molecule has 0 aromatic heterocycles. The summed E-state index contributed by atoms with van der Waals surface area (Å²) in [6, 6.07) is 6.64. The second kappa shape index (κ2) is 6.79. The first kappa shape index (κ1) is 13.4. The molecule has 18 heavy (non-hydrogen) atoms. The maximum absolute atomic E-state index is 6.00. The summed E-state index contributed by atoms with van der Waals surface area (Å²) in [6.07, 6.45) is 7.72. The molecule has 0 fully saturated rings. The van der Waals surface area contributed by atoms with Gasteiger partial charge in [0.05, 0.1) is 6.10 Å². The number of hydrogen-bond donors (Lipinski definition) is 1. The molecule has 0 radical (unpaired) electrons. The highest BCUT2D eigenvalue weighted by Crippen LogP contribution is 2.26. The van der Waals surface area contributed by atoms with E-state index in [2.05, 4.69) is 30.4 Å². The Labute approximate surface area is 111 Å². The Hall–Kier alpha value is -1.02. The van der Waals surface area contributed by atoms with Gasteiger partial charge in [0.2, 0.25) is 0 Å². The van der Waals surface area contributed by atoms with Crippen molar-refractivity contribution in [1.82, 2.24) is 5.32 Å². The van der Waals surface area contributed by atoms with Crippen molar-refractivity contribution in [2.24, 2.45) is 0 Å². The minimum Gasteiger partial charge on any atom is -0.491 e. The van der Waals surface area contributed by atoms with Crippen molar-refractivity contribution in [3.63, 3.8) is 0 Å². The van der Waals surface area contributed by atoms with E-state index in [1.165, 1.54) is 43.2 Å². The first-order valence-electron chi connectivity index (χ1n) is 7.22. The summed E-state index contributed by atoms with van der Waals surface area (Å²) in [5.74, 6) is 1.05. The van der Waals surface area contributed by atoms with Crippen LogP contribution in [0.4, 0.5) is 0 Å². The molecule has 100 valence electrons. The maximum Gasteiger partial charge on any atom is 0.119 e. The third-order valence-corrected chi connectivity index (χ3v) is 3.69. The van der Waals surface area contributed by atoms with Gasteiger partial charge in [0.1, 0.15) is 5.75 Å². The van der Waals surface area contributed by atoms with Crippen molar-refractivity contribution in [1.29, 1.82) is 0 Å². The highest BCUT2D eigenvalue weighted by molar-refractivity contribution is 5.37. The van der Waals surface area contributed by atoms with Crippen LogP contribution in [0.3, 0.4) is 0 Å². The molecule has 2 rings (SSSR count). The number of nitrogens with one attached hydrogen (secondary N) is 1. The third kappa shape index (κ3) is 3.74. The van der Waals surface area contributed by atoms with Crippen LogP contribution in [-0.4, -0.2) is 19.7 Å². The minimum atomic E-state index is 0.306. The minimum absolute atomic E-state index is 0.306. The van der Waals surface area contributed by atoms with Gasteiger partial charge in [-0.2, -0.15) is 0 Å². The van der Waals surface area contributed by atoms with Gasteiger partial charge in [-0.15, -0.1) is 0 Å². The molecule has 1 aliphatic rings. The Morgan fingerprint density at radius 2 is 2.00 bits per heavy atom. The number of aryl methyl sites for hydroxylation is 2. The lowest BCUT2D eigenvalue weighted by Crippen LogP contribution is -2.16. The molecule has 1 aromatic rings. The third-order valence-electron chi connectivity index (χ3n) is 3.69. The van der Waals surface area contributed by atoms with Gasteiger partial charge >= 0.3 is 0 Å². The Bertz CT molecular complexity index is 375. The highest BCUT2D eigenvalue weighted by atomic mass is 16.5. The molecule has 0 aliphatic heterocycles. The lowest BCUT2D eigenvalue weighted by atomic mass is 9.92. The van der Waals surface area contributed by atoms with Gasteiger partial charge in [-0.25, -0.2) is 0 Å². The van der Waals surface area contributed by atoms with Gasteiger partial charge in [-0.05, 0) is 82.3 Å². The molecule has 0 amide bonds. The van der Waals surface area contributed by atoms with Crippen LogP contribution in [0.15, 0.2) is 18.2 Å². The molecule has 0 bridgehead atoms. The zero-order valence-corrected chi connectivity index (χ0v) is 11.7. The smallest absolute Gasteiger partial charge is 0.119 e. The van der Waals surface area contributed by atoms with E-state index in [4.69, 9.17) is 4.74 Å². The van der Waals surface area contributed by atoms with Crippen LogP contribution < -0.4 is 10.1 Å². The molecule has 1 aromatic carbocycles. The van der Waals surface area contributed by atoms with E-state index in [1.54, 1.807) is 0 Å². The van der Waals surface area contributed by atoms with Crippen LogP contribution in [-0.2, 0) is 12.8 Å². The van der Waals surface area contributed by atoms with Crippen molar-refractivity contribution in [2.45, 2.75) is 51.6 Å². The highest BCUT2D eigenvalue weighted by Gasteiger charge is 2.11. The SMILES string of the molecule is CNCCCC(C)Oc1ccc2c(c1)CCCC2. The van der Waals surface area contributed by atoms with Crippen molar-refractivity contribution < 1.29 is 4.74 Å². The molecule has 2 nitrogen and oxygen atoms in total. The average molecular weight is 247 g/mol. The van der Waals surface area contributed by atoms with Gasteiger partial charge in [0.25, 0.3) is 0 Å². The van der Waals surface area contributed by atoms with Crippen LogP contribution in [0.25, 0.3) is 0 Å². The molecule has 0 spiro atoms. The Kier molecular flexibility index (Phi) is 5.06. The molecule has 1 aliphatic carbocycles. The summed E-state index contributed by atoms with van der Waals surface area (Å²) >= 11 is 0. The average Bonchev–Trinajstić information content (AvgIpc) is 2.39. The van der Waals surface area contributed by atoms with Crippen molar-refractivity contribution in [2.75, 3.05) is 13.6 Å². The largest absolute Gasteiger partial charge is 0.491 e. The first-order valence-corrected chi connectivity index (χ1v) is 7.22. The summed E-state index contributed by atoms with van der Waals surface area (Å²) in [7, 11) is 2.00. The zero-order valence-electron chi connectivity index (χ0n) is 11.7. The predicted molar refractivity (Wildman–Crippen MR) is 76.3 cm³/mol. The normalized spacial score (nSPS) is 16.1. The second-order valence-electron chi connectivity index (χ2n) is 5.31. The molecule has 0 saturated heterocycles. The number of hydrogen-bond acceptors (Lipinski definition) is 2. The fourth-order valence-electron chi connectivity index (χ4n) is 2.64. The first-order chi connectivity index (χ1) is 8.79. The van der Waals surface area contributed by atoms with Crippen molar-refractivity contribution >= 4 is 0 Å². The second-order valence-corrected chi connectivity index (χ2v) is 5.31. The topological polar surface area (TPSA) is 21.3 Å². The van der Waals surface area contributed by atoms with E-state index in [0.29, 0.717) is 6.10 Å². The lowest BCUT2D eigenvalue weighted by molar-refractivity contribution is 0.207. The van der Waals surface area contributed by atoms with Gasteiger partial charge in [0.15, 0.2) is 0 Å². The van der Waals surface area contributed by atoms with Crippen LogP contribution in [0, 0.1) is 0 Å². The maximum atomic E-state index is 6.00. The summed E-state index contributed by atoms with van der Waals surface area (Å²) < 4.78 is 6.00. The number of ether oxygens (including phenoxy) is 1. The summed E-state index contributed by atoms with van der Waals surface area (Å²) in [5, 5.41) is 3.17. The molecule has 1 unspecified atom stereocenters. The Morgan fingerprint density at radius 3 is 2.78 bits per heavy atom. The van der Waals surface area contributed by atoms with Crippen LogP contribution in [0.1, 0.15) is 43.7 Å². The predicted octanol–water partition coefficient (Wildman–Crippen LogP) is 3.33. The van der Waals surface area contributed by atoms with Crippen molar-refractivity contribution in [3.05, 3.63) is 29.3 Å². The molecule has 0 heterocycles. The van der Waals surface area contributed by atoms with E-state index in [1.807, 2.05) is 7.05 Å². The molecule has 1 atom stereocenters. The van der Waals surface area contributed by atoms with E-state index >= 15 is 0 Å². The van der Waals surface area contributed by atoms with E-state index in [-0.39, 0.29) is 0 Å². The van der Waals surface area contributed by atoms with Crippen molar-refractivity contribution in [3.8, 4) is 5.75 Å². The van der Waals surface area contributed by atoms with Crippen LogP contribution in [0.2, 0.25) is 0 Å². The van der Waals surface area contributed by atoms with Gasteiger partial charge in [0, 0.05) is 0 Å². The van der Waals surface area contributed by atoms with Crippen LogP contribution in [0.5, 0.6) is 5.75 Å². The molecular formula is C16H25NO. The Balaban J connectivity index is 1.89. The molecule has 2 heteroatoms. The number of rotatable bonds is 6. The van der Waals surface area contributed by atoms with Gasteiger partial charge < -0.3 is 10.1 Å². The lowest BCUT2D eigenvalue weighted by Gasteiger charge is -2.19. The monoisotopic (exact) mass is 247 g/mol. The molecule has 0 saturated carbocycles.